The number of sulfonamides is 1. The van der Waals surface area contributed by atoms with Crippen LogP contribution < -0.4 is 10.0 Å². The van der Waals surface area contributed by atoms with Gasteiger partial charge in [0.15, 0.2) is 0 Å². The zero-order chi connectivity index (χ0) is 18.1. The lowest BCUT2D eigenvalue weighted by molar-refractivity contribution is 0.601. The van der Waals surface area contributed by atoms with Gasteiger partial charge in [-0.2, -0.15) is 4.37 Å². The van der Waals surface area contributed by atoms with Crippen LogP contribution in [-0.4, -0.2) is 17.8 Å². The van der Waals surface area contributed by atoms with Crippen LogP contribution in [0.3, 0.4) is 0 Å². The van der Waals surface area contributed by atoms with Crippen LogP contribution in [0.2, 0.25) is 5.02 Å². The van der Waals surface area contributed by atoms with E-state index in [2.05, 4.69) is 31.5 Å². The van der Waals surface area contributed by atoms with Crippen molar-refractivity contribution < 1.29 is 8.42 Å². The average Bonchev–Trinajstić information content (AvgIpc) is 3.26. The molecule has 0 saturated heterocycles. The molecule has 0 aliphatic heterocycles. The van der Waals surface area contributed by atoms with E-state index in [0.717, 1.165) is 24.4 Å². The minimum Gasteiger partial charge on any atom is -0.377 e. The molecule has 1 aliphatic rings. The summed E-state index contributed by atoms with van der Waals surface area (Å²) in [6, 6.07) is 13.1. The van der Waals surface area contributed by atoms with Crippen LogP contribution >= 0.6 is 23.1 Å². The molecule has 26 heavy (non-hydrogen) atoms. The van der Waals surface area contributed by atoms with Crippen LogP contribution in [-0.2, 0) is 16.4 Å². The molecule has 3 aromatic rings. The molecule has 9 heteroatoms. The SMILES string of the molecule is O=S(=O)(Nc1ncns1)c1ccc(NC2CCc3ccccc32)c(Cl)c1. The predicted molar refractivity (Wildman–Crippen MR) is 103 cm³/mol. The van der Waals surface area contributed by atoms with Crippen molar-refractivity contribution in [3.8, 4) is 0 Å². The highest BCUT2D eigenvalue weighted by molar-refractivity contribution is 7.93. The summed E-state index contributed by atoms with van der Waals surface area (Å²) < 4.78 is 31.0. The van der Waals surface area contributed by atoms with Gasteiger partial charge in [0, 0.05) is 11.5 Å². The normalized spacial score (nSPS) is 16.3. The smallest absolute Gasteiger partial charge is 0.263 e. The number of halogens is 1. The lowest BCUT2D eigenvalue weighted by atomic mass is 10.1. The van der Waals surface area contributed by atoms with Crippen molar-refractivity contribution in [1.29, 1.82) is 0 Å². The van der Waals surface area contributed by atoms with Crippen molar-refractivity contribution in [2.75, 3.05) is 10.0 Å². The molecule has 0 amide bonds. The highest BCUT2D eigenvalue weighted by atomic mass is 35.5. The fourth-order valence-corrected chi connectivity index (χ4v) is 5.05. The van der Waals surface area contributed by atoms with Gasteiger partial charge >= 0.3 is 0 Å². The van der Waals surface area contributed by atoms with Crippen LogP contribution in [0.25, 0.3) is 0 Å². The Morgan fingerprint density at radius 1 is 1.19 bits per heavy atom. The molecule has 4 rings (SSSR count). The Kier molecular flexibility index (Phi) is 4.56. The van der Waals surface area contributed by atoms with Gasteiger partial charge in [-0.25, -0.2) is 13.4 Å². The fourth-order valence-electron chi connectivity index (χ4n) is 3.07. The minimum atomic E-state index is -3.75. The number of aromatic nitrogens is 2. The minimum absolute atomic E-state index is 0.0788. The van der Waals surface area contributed by atoms with E-state index < -0.39 is 10.0 Å². The summed E-state index contributed by atoms with van der Waals surface area (Å²) in [5.41, 5.74) is 3.31. The molecule has 134 valence electrons. The van der Waals surface area contributed by atoms with Crippen molar-refractivity contribution in [1.82, 2.24) is 9.36 Å². The van der Waals surface area contributed by atoms with Gasteiger partial charge in [0.25, 0.3) is 10.0 Å². The second-order valence-corrected chi connectivity index (χ2v) is 8.80. The summed E-state index contributed by atoms with van der Waals surface area (Å²) in [6.45, 7) is 0. The van der Waals surface area contributed by atoms with Gasteiger partial charge in [0.2, 0.25) is 5.13 Å². The Labute approximate surface area is 160 Å². The average molecular weight is 407 g/mol. The summed E-state index contributed by atoms with van der Waals surface area (Å²) in [4.78, 5) is 3.91. The zero-order valence-corrected chi connectivity index (χ0v) is 15.9. The van der Waals surface area contributed by atoms with Gasteiger partial charge in [0.05, 0.1) is 21.6 Å². The van der Waals surface area contributed by atoms with Gasteiger partial charge in [-0.1, -0.05) is 35.9 Å². The maximum atomic E-state index is 12.4. The molecule has 0 fully saturated rings. The van der Waals surface area contributed by atoms with Crippen molar-refractivity contribution >= 4 is 44.0 Å². The molecule has 1 aliphatic carbocycles. The Morgan fingerprint density at radius 2 is 2.04 bits per heavy atom. The topological polar surface area (TPSA) is 84.0 Å². The number of benzene rings is 2. The molecule has 0 radical (unpaired) electrons. The van der Waals surface area contributed by atoms with Gasteiger partial charge in [-0.15, -0.1) is 0 Å². The van der Waals surface area contributed by atoms with E-state index in [-0.39, 0.29) is 16.1 Å². The molecular formula is C17H15ClN4O2S2. The molecule has 0 bridgehead atoms. The number of aryl methyl sites for hydroxylation is 1. The summed E-state index contributed by atoms with van der Waals surface area (Å²) >= 11 is 7.31. The first-order valence-corrected chi connectivity index (χ1v) is 10.6. The third kappa shape index (κ3) is 3.40. The second-order valence-electron chi connectivity index (χ2n) is 5.93. The van der Waals surface area contributed by atoms with Crippen LogP contribution in [0.4, 0.5) is 10.8 Å². The molecule has 0 spiro atoms. The summed E-state index contributed by atoms with van der Waals surface area (Å²) in [6.07, 6.45) is 3.29. The molecule has 1 atom stereocenters. The van der Waals surface area contributed by atoms with E-state index in [4.69, 9.17) is 11.6 Å². The van der Waals surface area contributed by atoms with E-state index in [1.165, 1.54) is 29.6 Å². The largest absolute Gasteiger partial charge is 0.377 e. The van der Waals surface area contributed by atoms with Crippen LogP contribution in [0, 0.1) is 0 Å². The highest BCUT2D eigenvalue weighted by Gasteiger charge is 2.23. The molecule has 2 aromatic carbocycles. The zero-order valence-electron chi connectivity index (χ0n) is 13.5. The number of rotatable bonds is 5. The van der Waals surface area contributed by atoms with Gasteiger partial charge < -0.3 is 5.32 Å². The van der Waals surface area contributed by atoms with E-state index in [1.807, 2.05) is 12.1 Å². The van der Waals surface area contributed by atoms with Crippen LogP contribution in [0.5, 0.6) is 0 Å². The van der Waals surface area contributed by atoms with Gasteiger partial charge in [0.1, 0.15) is 6.33 Å². The maximum absolute atomic E-state index is 12.4. The van der Waals surface area contributed by atoms with E-state index in [1.54, 1.807) is 6.07 Å². The number of fused-ring (bicyclic) bond motifs is 1. The molecule has 2 N–H and O–H groups in total. The summed E-state index contributed by atoms with van der Waals surface area (Å²) in [5, 5.41) is 3.99. The van der Waals surface area contributed by atoms with Gasteiger partial charge in [-0.3, -0.25) is 4.72 Å². The first-order chi connectivity index (χ1) is 12.5. The number of nitrogens with one attached hydrogen (secondary N) is 2. The first-order valence-electron chi connectivity index (χ1n) is 7.96. The first kappa shape index (κ1) is 17.3. The quantitative estimate of drug-likeness (QED) is 0.666. The van der Waals surface area contributed by atoms with Crippen molar-refractivity contribution in [3.05, 3.63) is 64.9 Å². The third-order valence-electron chi connectivity index (χ3n) is 4.30. The van der Waals surface area contributed by atoms with Crippen LogP contribution in [0.1, 0.15) is 23.6 Å². The lowest BCUT2D eigenvalue weighted by Crippen LogP contribution is -2.13. The molecule has 1 aromatic heterocycles. The van der Waals surface area contributed by atoms with E-state index in [0.29, 0.717) is 10.7 Å². The van der Waals surface area contributed by atoms with Crippen LogP contribution in [0.15, 0.2) is 53.7 Å². The molecule has 1 heterocycles. The Balaban J connectivity index is 1.55. The third-order valence-corrected chi connectivity index (χ3v) is 6.66. The Bertz CT molecular complexity index is 1040. The molecule has 6 nitrogen and oxygen atoms in total. The Morgan fingerprint density at radius 3 is 2.81 bits per heavy atom. The summed E-state index contributed by atoms with van der Waals surface area (Å²) in [5.74, 6) is 0. The fraction of sp³-hybridized carbons (Fsp3) is 0.176. The van der Waals surface area contributed by atoms with Gasteiger partial charge in [-0.05, 0) is 42.2 Å². The van der Waals surface area contributed by atoms with E-state index in [9.17, 15) is 8.42 Å². The van der Waals surface area contributed by atoms with Crippen molar-refractivity contribution in [2.24, 2.45) is 0 Å². The molecule has 0 saturated carbocycles. The summed E-state index contributed by atoms with van der Waals surface area (Å²) in [7, 11) is -3.75. The van der Waals surface area contributed by atoms with E-state index >= 15 is 0 Å². The second kappa shape index (κ2) is 6.86. The maximum Gasteiger partial charge on any atom is 0.263 e. The predicted octanol–water partition coefficient (Wildman–Crippen LogP) is 4.09. The lowest BCUT2D eigenvalue weighted by Gasteiger charge is -2.17. The Hall–Kier alpha value is -2.16. The molecular weight excluding hydrogens is 392 g/mol. The standard InChI is InChI=1S/C17H15ClN4O2S2/c18-14-9-12(26(23,24)22-17-19-10-20-25-17)6-8-16(14)21-15-7-5-11-3-1-2-4-13(11)15/h1-4,6,8-10,15,21H,5,7H2,(H,19,20,22). The van der Waals surface area contributed by atoms with Crippen molar-refractivity contribution in [3.63, 3.8) is 0 Å². The number of hydrogen-bond acceptors (Lipinski definition) is 6. The molecule has 1 unspecified atom stereocenters. The van der Waals surface area contributed by atoms with Crippen molar-refractivity contribution in [2.45, 2.75) is 23.8 Å². The number of anilines is 2. The monoisotopic (exact) mass is 406 g/mol. The number of hydrogen-bond donors (Lipinski definition) is 2. The highest BCUT2D eigenvalue weighted by Crippen LogP contribution is 2.36. The number of nitrogens with zero attached hydrogens (tertiary/aromatic N) is 2.